The normalized spacial score (nSPS) is 16.4. The van der Waals surface area contributed by atoms with Crippen molar-refractivity contribution < 1.29 is 9.47 Å². The average Bonchev–Trinajstić information content (AvgIpc) is 2.46. The van der Waals surface area contributed by atoms with Crippen LogP contribution in [0.15, 0.2) is 18.2 Å². The van der Waals surface area contributed by atoms with Crippen molar-refractivity contribution in [1.82, 2.24) is 5.32 Å². The van der Waals surface area contributed by atoms with E-state index in [0.29, 0.717) is 12.1 Å². The van der Waals surface area contributed by atoms with Gasteiger partial charge < -0.3 is 14.8 Å². The van der Waals surface area contributed by atoms with Gasteiger partial charge in [-0.25, -0.2) is 0 Å². The Balaban J connectivity index is 2.09. The number of methoxy groups -OCH3 is 1. The van der Waals surface area contributed by atoms with Crippen LogP contribution >= 0.6 is 0 Å². The Morgan fingerprint density at radius 2 is 1.95 bits per heavy atom. The summed E-state index contributed by atoms with van der Waals surface area (Å²) in [5.74, 6) is 1.84. The summed E-state index contributed by atoms with van der Waals surface area (Å²) >= 11 is 0. The molecule has 1 aliphatic rings. The molecule has 0 saturated heterocycles. The Hall–Kier alpha value is -1.22. The zero-order valence-electron chi connectivity index (χ0n) is 12.9. The molecular formula is C17H27NO2. The van der Waals surface area contributed by atoms with E-state index in [9.17, 15) is 0 Å². The summed E-state index contributed by atoms with van der Waals surface area (Å²) in [5, 5.41) is 3.46. The fourth-order valence-electron chi connectivity index (χ4n) is 2.59. The molecule has 1 N–H and O–H groups in total. The van der Waals surface area contributed by atoms with E-state index in [2.05, 4.69) is 25.2 Å². The minimum atomic E-state index is 0.369. The fourth-order valence-corrected chi connectivity index (χ4v) is 2.59. The molecule has 20 heavy (non-hydrogen) atoms. The predicted molar refractivity (Wildman–Crippen MR) is 82.5 cm³/mol. The molecule has 0 amide bonds. The van der Waals surface area contributed by atoms with Gasteiger partial charge in [0.1, 0.15) is 11.5 Å². The Morgan fingerprint density at radius 3 is 2.60 bits per heavy atom. The second-order valence-corrected chi connectivity index (χ2v) is 5.89. The summed E-state index contributed by atoms with van der Waals surface area (Å²) in [7, 11) is 1.70. The van der Waals surface area contributed by atoms with Crippen molar-refractivity contribution in [1.29, 1.82) is 0 Å². The Labute approximate surface area is 122 Å². The van der Waals surface area contributed by atoms with Crippen LogP contribution in [0.5, 0.6) is 11.5 Å². The van der Waals surface area contributed by atoms with E-state index in [1.165, 1.54) is 37.7 Å². The van der Waals surface area contributed by atoms with E-state index in [1.807, 2.05) is 12.1 Å². The Morgan fingerprint density at radius 1 is 1.20 bits per heavy atom. The maximum absolute atomic E-state index is 6.24. The molecule has 0 unspecified atom stereocenters. The van der Waals surface area contributed by atoms with E-state index >= 15 is 0 Å². The molecule has 112 valence electrons. The summed E-state index contributed by atoms with van der Waals surface area (Å²) in [6.07, 6.45) is 6.64. The van der Waals surface area contributed by atoms with E-state index in [4.69, 9.17) is 9.47 Å². The standard InChI is InChI=1S/C17H27NO2/c1-13(2)18-12-14-9-10-16(19-3)11-17(14)20-15-7-5-4-6-8-15/h9-11,13,15,18H,4-8,12H2,1-3H3. The van der Waals surface area contributed by atoms with Crippen LogP contribution in [0.4, 0.5) is 0 Å². The molecule has 0 aromatic heterocycles. The van der Waals surface area contributed by atoms with Crippen LogP contribution in [0, 0.1) is 0 Å². The summed E-state index contributed by atoms with van der Waals surface area (Å²) < 4.78 is 11.6. The molecule has 0 heterocycles. The van der Waals surface area contributed by atoms with Gasteiger partial charge in [0.05, 0.1) is 13.2 Å². The van der Waals surface area contributed by atoms with Gasteiger partial charge >= 0.3 is 0 Å². The predicted octanol–water partition coefficient (Wildman–Crippen LogP) is 3.90. The molecule has 3 heteroatoms. The number of hydrogen-bond donors (Lipinski definition) is 1. The van der Waals surface area contributed by atoms with Gasteiger partial charge in [0.15, 0.2) is 0 Å². The minimum Gasteiger partial charge on any atom is -0.497 e. The molecule has 1 aromatic carbocycles. The van der Waals surface area contributed by atoms with Crippen molar-refractivity contribution in [3.63, 3.8) is 0 Å². The van der Waals surface area contributed by atoms with Crippen molar-refractivity contribution >= 4 is 0 Å². The lowest BCUT2D eigenvalue weighted by molar-refractivity contribution is 0.153. The van der Waals surface area contributed by atoms with Gasteiger partial charge in [-0.3, -0.25) is 0 Å². The lowest BCUT2D eigenvalue weighted by atomic mass is 9.97. The second kappa shape index (κ2) is 7.53. The second-order valence-electron chi connectivity index (χ2n) is 5.89. The summed E-state index contributed by atoms with van der Waals surface area (Å²) in [4.78, 5) is 0. The minimum absolute atomic E-state index is 0.369. The van der Waals surface area contributed by atoms with Gasteiger partial charge in [0, 0.05) is 24.2 Å². The number of ether oxygens (including phenoxy) is 2. The van der Waals surface area contributed by atoms with E-state index in [1.54, 1.807) is 7.11 Å². The van der Waals surface area contributed by atoms with Crippen molar-refractivity contribution in [3.05, 3.63) is 23.8 Å². The largest absolute Gasteiger partial charge is 0.497 e. The van der Waals surface area contributed by atoms with Crippen LogP contribution in [-0.4, -0.2) is 19.3 Å². The highest BCUT2D eigenvalue weighted by Crippen LogP contribution is 2.29. The lowest BCUT2D eigenvalue weighted by Gasteiger charge is -2.25. The third-order valence-corrected chi connectivity index (χ3v) is 3.82. The number of benzene rings is 1. The van der Waals surface area contributed by atoms with Crippen LogP contribution in [0.25, 0.3) is 0 Å². The zero-order valence-corrected chi connectivity index (χ0v) is 12.9. The molecule has 0 bridgehead atoms. The Kier molecular flexibility index (Phi) is 5.72. The van der Waals surface area contributed by atoms with Crippen molar-refractivity contribution in [2.24, 2.45) is 0 Å². The summed E-state index contributed by atoms with van der Waals surface area (Å²) in [5.41, 5.74) is 1.21. The SMILES string of the molecule is COc1ccc(CNC(C)C)c(OC2CCCCC2)c1. The smallest absolute Gasteiger partial charge is 0.127 e. The molecule has 1 aliphatic carbocycles. The van der Waals surface area contributed by atoms with Crippen LogP contribution in [0.3, 0.4) is 0 Å². The Bertz CT molecular complexity index is 411. The summed E-state index contributed by atoms with van der Waals surface area (Å²) in [6, 6.07) is 6.60. The first-order valence-corrected chi connectivity index (χ1v) is 7.76. The highest BCUT2D eigenvalue weighted by atomic mass is 16.5. The maximum Gasteiger partial charge on any atom is 0.127 e. The quantitative estimate of drug-likeness (QED) is 0.855. The van der Waals surface area contributed by atoms with Crippen molar-refractivity contribution in [2.45, 2.75) is 64.6 Å². The molecular weight excluding hydrogens is 250 g/mol. The highest BCUT2D eigenvalue weighted by molar-refractivity contribution is 5.41. The molecule has 3 nitrogen and oxygen atoms in total. The third-order valence-electron chi connectivity index (χ3n) is 3.82. The molecule has 1 fully saturated rings. The van der Waals surface area contributed by atoms with Crippen LogP contribution in [0.2, 0.25) is 0 Å². The topological polar surface area (TPSA) is 30.5 Å². The van der Waals surface area contributed by atoms with E-state index in [0.717, 1.165) is 18.0 Å². The molecule has 2 rings (SSSR count). The van der Waals surface area contributed by atoms with Crippen LogP contribution in [-0.2, 0) is 6.54 Å². The van der Waals surface area contributed by atoms with Gasteiger partial charge in [0.2, 0.25) is 0 Å². The molecule has 0 aliphatic heterocycles. The highest BCUT2D eigenvalue weighted by Gasteiger charge is 2.17. The van der Waals surface area contributed by atoms with Crippen molar-refractivity contribution in [2.75, 3.05) is 7.11 Å². The van der Waals surface area contributed by atoms with Gasteiger partial charge in [0.25, 0.3) is 0 Å². The van der Waals surface area contributed by atoms with Gasteiger partial charge in [-0.2, -0.15) is 0 Å². The van der Waals surface area contributed by atoms with Gasteiger partial charge in [-0.05, 0) is 31.7 Å². The maximum atomic E-state index is 6.24. The van der Waals surface area contributed by atoms with Crippen LogP contribution < -0.4 is 14.8 Å². The number of nitrogens with one attached hydrogen (secondary N) is 1. The molecule has 0 spiro atoms. The van der Waals surface area contributed by atoms with E-state index < -0.39 is 0 Å². The number of hydrogen-bond acceptors (Lipinski definition) is 3. The van der Waals surface area contributed by atoms with Gasteiger partial charge in [-0.15, -0.1) is 0 Å². The van der Waals surface area contributed by atoms with E-state index in [-0.39, 0.29) is 0 Å². The average molecular weight is 277 g/mol. The zero-order chi connectivity index (χ0) is 14.4. The summed E-state index contributed by atoms with van der Waals surface area (Å²) in [6.45, 7) is 5.15. The molecule has 1 aromatic rings. The molecule has 0 radical (unpaired) electrons. The monoisotopic (exact) mass is 277 g/mol. The van der Waals surface area contributed by atoms with Gasteiger partial charge in [-0.1, -0.05) is 26.3 Å². The number of rotatable bonds is 6. The lowest BCUT2D eigenvalue weighted by Crippen LogP contribution is -2.24. The first-order valence-electron chi connectivity index (χ1n) is 7.76. The van der Waals surface area contributed by atoms with Crippen molar-refractivity contribution in [3.8, 4) is 11.5 Å². The first-order chi connectivity index (χ1) is 9.69. The van der Waals surface area contributed by atoms with Crippen LogP contribution in [0.1, 0.15) is 51.5 Å². The molecule has 0 atom stereocenters. The fraction of sp³-hybridized carbons (Fsp3) is 0.647. The third kappa shape index (κ3) is 4.41. The molecule has 1 saturated carbocycles. The first kappa shape index (κ1) is 15.2.